The lowest BCUT2D eigenvalue weighted by atomic mass is 10.1. The van der Waals surface area contributed by atoms with E-state index >= 15 is 0 Å². The number of rotatable bonds is 3. The molecule has 0 aromatic heterocycles. The molecule has 0 saturated carbocycles. The van der Waals surface area contributed by atoms with E-state index in [4.69, 9.17) is 23.2 Å². The molecular weight excluding hydrogens is 259 g/mol. The molecule has 1 atom stereocenters. The Labute approximate surface area is 111 Å². The Balaban J connectivity index is 1.98. The fourth-order valence-electron chi connectivity index (χ4n) is 1.96. The third kappa shape index (κ3) is 3.57. The molecule has 5 heteroatoms. The normalized spacial score (nSPS) is 19.2. The van der Waals surface area contributed by atoms with Crippen LogP contribution < -0.4 is 5.32 Å². The van der Waals surface area contributed by atoms with Crippen LogP contribution in [0.2, 0.25) is 10.0 Å². The van der Waals surface area contributed by atoms with Crippen LogP contribution in [0.3, 0.4) is 0 Å². The van der Waals surface area contributed by atoms with Gasteiger partial charge in [0.2, 0.25) is 0 Å². The van der Waals surface area contributed by atoms with E-state index in [1.165, 1.54) is 0 Å². The van der Waals surface area contributed by atoms with Crippen molar-refractivity contribution in [3.05, 3.63) is 33.8 Å². The molecule has 1 aromatic rings. The van der Waals surface area contributed by atoms with E-state index in [2.05, 4.69) is 10.2 Å². The van der Waals surface area contributed by atoms with Crippen molar-refractivity contribution in [1.29, 1.82) is 0 Å². The quantitative estimate of drug-likeness (QED) is 0.884. The molecular formula is C12H16Cl2N2O. The van der Waals surface area contributed by atoms with Gasteiger partial charge in [0.1, 0.15) is 0 Å². The zero-order valence-corrected chi connectivity index (χ0v) is 11.0. The molecule has 3 nitrogen and oxygen atoms in total. The maximum Gasteiger partial charge on any atom is 0.0917 e. The first kappa shape index (κ1) is 13.1. The second-order valence-electron chi connectivity index (χ2n) is 4.24. The highest BCUT2D eigenvalue weighted by atomic mass is 35.5. The number of piperazine rings is 1. The van der Waals surface area contributed by atoms with Crippen molar-refractivity contribution >= 4 is 23.2 Å². The topological polar surface area (TPSA) is 35.5 Å². The fourth-order valence-corrected chi connectivity index (χ4v) is 2.27. The summed E-state index contributed by atoms with van der Waals surface area (Å²) in [5.74, 6) is 0. The molecule has 2 N–H and O–H groups in total. The lowest BCUT2D eigenvalue weighted by molar-refractivity contribution is 0.105. The maximum absolute atomic E-state index is 10.1. The molecule has 1 aliphatic heterocycles. The number of β-amino-alcohol motifs (C(OH)–C–C–N with tert-alkyl or cyclic N) is 1. The highest BCUT2D eigenvalue weighted by Gasteiger charge is 2.16. The molecule has 0 radical (unpaired) electrons. The first-order valence-electron chi connectivity index (χ1n) is 5.73. The van der Waals surface area contributed by atoms with Crippen molar-refractivity contribution in [1.82, 2.24) is 10.2 Å². The molecule has 1 aromatic carbocycles. The fraction of sp³-hybridized carbons (Fsp3) is 0.500. The van der Waals surface area contributed by atoms with Gasteiger partial charge >= 0.3 is 0 Å². The van der Waals surface area contributed by atoms with Gasteiger partial charge in [0.15, 0.2) is 0 Å². The Morgan fingerprint density at radius 1 is 1.24 bits per heavy atom. The van der Waals surface area contributed by atoms with Gasteiger partial charge in [0.05, 0.1) is 16.1 Å². The van der Waals surface area contributed by atoms with Gasteiger partial charge in [-0.3, -0.25) is 4.90 Å². The Bertz CT molecular complexity index is 381. The van der Waals surface area contributed by atoms with Crippen LogP contribution in [0.5, 0.6) is 0 Å². The van der Waals surface area contributed by atoms with E-state index in [1.807, 2.05) is 6.07 Å². The van der Waals surface area contributed by atoms with Crippen LogP contribution in [0, 0.1) is 0 Å². The Morgan fingerprint density at radius 2 is 1.94 bits per heavy atom. The van der Waals surface area contributed by atoms with E-state index in [9.17, 15) is 5.11 Å². The number of aliphatic hydroxyl groups excluding tert-OH is 1. The van der Waals surface area contributed by atoms with Crippen LogP contribution in [0.4, 0.5) is 0 Å². The third-order valence-corrected chi connectivity index (χ3v) is 3.71. The molecule has 94 valence electrons. The van der Waals surface area contributed by atoms with Gasteiger partial charge in [-0.15, -0.1) is 0 Å². The summed E-state index contributed by atoms with van der Waals surface area (Å²) >= 11 is 11.8. The van der Waals surface area contributed by atoms with Gasteiger partial charge in [-0.1, -0.05) is 29.3 Å². The number of nitrogens with zero attached hydrogens (tertiary/aromatic N) is 1. The summed E-state index contributed by atoms with van der Waals surface area (Å²) in [6.07, 6.45) is -0.511. The summed E-state index contributed by atoms with van der Waals surface area (Å²) in [5.41, 5.74) is 0.818. The largest absolute Gasteiger partial charge is 0.387 e. The minimum Gasteiger partial charge on any atom is -0.387 e. The predicted octanol–water partition coefficient (Wildman–Crippen LogP) is 1.93. The summed E-state index contributed by atoms with van der Waals surface area (Å²) in [5, 5.41) is 14.4. The number of halogens is 2. The molecule has 0 aliphatic carbocycles. The van der Waals surface area contributed by atoms with E-state index in [0.717, 1.165) is 31.7 Å². The van der Waals surface area contributed by atoms with Crippen molar-refractivity contribution in [2.75, 3.05) is 32.7 Å². The van der Waals surface area contributed by atoms with Crippen molar-refractivity contribution in [2.45, 2.75) is 6.10 Å². The molecule has 1 heterocycles. The van der Waals surface area contributed by atoms with E-state index < -0.39 is 6.10 Å². The molecule has 1 unspecified atom stereocenters. The third-order valence-electron chi connectivity index (χ3n) is 2.97. The molecule has 1 fully saturated rings. The first-order valence-corrected chi connectivity index (χ1v) is 6.48. The van der Waals surface area contributed by atoms with E-state index in [1.54, 1.807) is 12.1 Å². The second-order valence-corrected chi connectivity index (χ2v) is 5.05. The van der Waals surface area contributed by atoms with Crippen molar-refractivity contribution in [3.63, 3.8) is 0 Å². The van der Waals surface area contributed by atoms with E-state index in [-0.39, 0.29) is 0 Å². The summed E-state index contributed by atoms with van der Waals surface area (Å²) in [6, 6.07) is 5.28. The van der Waals surface area contributed by atoms with Gasteiger partial charge in [-0.25, -0.2) is 0 Å². The van der Waals surface area contributed by atoms with Crippen LogP contribution >= 0.6 is 23.2 Å². The zero-order chi connectivity index (χ0) is 12.3. The Kier molecular flexibility index (Phi) is 4.65. The lowest BCUT2D eigenvalue weighted by Gasteiger charge is -2.29. The first-order chi connectivity index (χ1) is 8.16. The van der Waals surface area contributed by atoms with Crippen LogP contribution in [0.1, 0.15) is 11.7 Å². The average molecular weight is 275 g/mol. The van der Waals surface area contributed by atoms with Crippen LogP contribution in [0.25, 0.3) is 0 Å². The number of hydrogen-bond donors (Lipinski definition) is 2. The predicted molar refractivity (Wildman–Crippen MR) is 70.7 cm³/mol. The minimum absolute atomic E-state index is 0.489. The number of benzene rings is 1. The number of aliphatic hydroxyl groups is 1. The highest BCUT2D eigenvalue weighted by molar-refractivity contribution is 6.42. The van der Waals surface area contributed by atoms with E-state index in [0.29, 0.717) is 16.6 Å². The van der Waals surface area contributed by atoms with Gasteiger partial charge in [0.25, 0.3) is 0 Å². The minimum atomic E-state index is -0.511. The molecule has 17 heavy (non-hydrogen) atoms. The van der Waals surface area contributed by atoms with Crippen molar-refractivity contribution in [3.8, 4) is 0 Å². The SMILES string of the molecule is OC(CN1CCNCC1)c1ccc(Cl)c(Cl)c1. The summed E-state index contributed by atoms with van der Waals surface area (Å²) in [6.45, 7) is 4.54. The molecule has 0 amide bonds. The number of hydrogen-bond acceptors (Lipinski definition) is 3. The molecule has 2 rings (SSSR count). The molecule has 1 saturated heterocycles. The summed E-state index contributed by atoms with van der Waals surface area (Å²) in [7, 11) is 0. The Hall–Kier alpha value is -0.320. The monoisotopic (exact) mass is 274 g/mol. The van der Waals surface area contributed by atoms with Crippen LogP contribution in [-0.4, -0.2) is 42.7 Å². The summed E-state index contributed by atoms with van der Waals surface area (Å²) < 4.78 is 0. The molecule has 0 spiro atoms. The second kappa shape index (κ2) is 6.03. The zero-order valence-electron chi connectivity index (χ0n) is 9.50. The number of nitrogens with one attached hydrogen (secondary N) is 1. The standard InChI is InChI=1S/C12H16Cl2N2O/c13-10-2-1-9(7-11(10)14)12(17)8-16-5-3-15-4-6-16/h1-2,7,12,15,17H,3-6,8H2. The Morgan fingerprint density at radius 3 is 2.59 bits per heavy atom. The van der Waals surface area contributed by atoms with Crippen LogP contribution in [-0.2, 0) is 0 Å². The highest BCUT2D eigenvalue weighted by Crippen LogP contribution is 2.26. The van der Waals surface area contributed by atoms with Gasteiger partial charge < -0.3 is 10.4 Å². The van der Waals surface area contributed by atoms with Gasteiger partial charge in [-0.2, -0.15) is 0 Å². The van der Waals surface area contributed by atoms with Gasteiger partial charge in [-0.05, 0) is 17.7 Å². The maximum atomic E-state index is 10.1. The molecule has 1 aliphatic rings. The summed E-state index contributed by atoms with van der Waals surface area (Å²) in [4.78, 5) is 2.24. The molecule has 0 bridgehead atoms. The van der Waals surface area contributed by atoms with Crippen molar-refractivity contribution in [2.24, 2.45) is 0 Å². The average Bonchev–Trinajstić information content (AvgIpc) is 2.34. The van der Waals surface area contributed by atoms with Crippen molar-refractivity contribution < 1.29 is 5.11 Å². The van der Waals surface area contributed by atoms with Gasteiger partial charge in [0, 0.05) is 32.7 Å². The van der Waals surface area contributed by atoms with Crippen LogP contribution in [0.15, 0.2) is 18.2 Å². The smallest absolute Gasteiger partial charge is 0.0917 e. The lowest BCUT2D eigenvalue weighted by Crippen LogP contribution is -2.44.